The Morgan fingerprint density at radius 2 is 1.89 bits per heavy atom. The fourth-order valence-corrected chi connectivity index (χ4v) is 2.57. The smallest absolute Gasteiger partial charge is 0.0715 e. The molecule has 1 aromatic carbocycles. The minimum atomic E-state index is -0.436. The Balaban J connectivity index is 2.04. The standard InChI is InChI=1S/C16H21ClO/c17-12-16(18)11-13-7-9-15(10-8-13)14-5-3-1-2-4-6-14/h5,7-10,16,18H,1-4,6,11-12H2/t16-/m0/s1. The molecule has 2 rings (SSSR count). The van der Waals surface area contributed by atoms with Crippen LogP contribution in [0.5, 0.6) is 0 Å². The number of allylic oxidation sites excluding steroid dienone is 2. The number of hydrogen-bond donors (Lipinski definition) is 1. The summed E-state index contributed by atoms with van der Waals surface area (Å²) in [4.78, 5) is 0. The molecule has 98 valence electrons. The topological polar surface area (TPSA) is 20.2 Å². The minimum Gasteiger partial charge on any atom is -0.392 e. The molecule has 0 heterocycles. The van der Waals surface area contributed by atoms with Gasteiger partial charge in [0, 0.05) is 5.88 Å². The van der Waals surface area contributed by atoms with Crippen LogP contribution in [0.4, 0.5) is 0 Å². The number of halogens is 1. The number of rotatable bonds is 4. The van der Waals surface area contributed by atoms with Crippen LogP contribution in [0.3, 0.4) is 0 Å². The van der Waals surface area contributed by atoms with Gasteiger partial charge in [-0.2, -0.15) is 0 Å². The molecule has 0 spiro atoms. The lowest BCUT2D eigenvalue weighted by Gasteiger charge is -2.09. The Bertz CT molecular complexity index is 394. The Morgan fingerprint density at radius 1 is 1.11 bits per heavy atom. The molecule has 1 aliphatic carbocycles. The summed E-state index contributed by atoms with van der Waals surface area (Å²) in [7, 11) is 0. The fourth-order valence-electron chi connectivity index (χ4n) is 2.46. The van der Waals surface area contributed by atoms with Crippen LogP contribution in [0.2, 0.25) is 0 Å². The maximum Gasteiger partial charge on any atom is 0.0715 e. The van der Waals surface area contributed by atoms with Crippen LogP contribution in [0.15, 0.2) is 30.3 Å². The van der Waals surface area contributed by atoms with Gasteiger partial charge in [0.1, 0.15) is 0 Å². The van der Waals surface area contributed by atoms with Gasteiger partial charge in [0.25, 0.3) is 0 Å². The molecular weight excluding hydrogens is 244 g/mol. The first-order valence-corrected chi connectivity index (χ1v) is 7.35. The van der Waals surface area contributed by atoms with Gasteiger partial charge in [-0.05, 0) is 48.8 Å². The summed E-state index contributed by atoms with van der Waals surface area (Å²) in [5.41, 5.74) is 3.97. The molecular formula is C16H21ClO. The quantitative estimate of drug-likeness (QED) is 0.809. The molecule has 18 heavy (non-hydrogen) atoms. The highest BCUT2D eigenvalue weighted by Gasteiger charge is 2.07. The maximum atomic E-state index is 9.52. The average molecular weight is 265 g/mol. The summed E-state index contributed by atoms with van der Waals surface area (Å²) in [5.74, 6) is 0.299. The van der Waals surface area contributed by atoms with Crippen molar-refractivity contribution in [2.75, 3.05) is 5.88 Å². The third kappa shape index (κ3) is 3.86. The van der Waals surface area contributed by atoms with Gasteiger partial charge < -0.3 is 5.11 Å². The summed E-state index contributed by atoms with van der Waals surface area (Å²) < 4.78 is 0. The van der Waals surface area contributed by atoms with Crippen molar-refractivity contribution in [1.82, 2.24) is 0 Å². The predicted molar refractivity (Wildman–Crippen MR) is 77.9 cm³/mol. The Morgan fingerprint density at radius 3 is 2.61 bits per heavy atom. The molecule has 0 aromatic heterocycles. The zero-order valence-corrected chi connectivity index (χ0v) is 11.5. The number of benzene rings is 1. The minimum absolute atomic E-state index is 0.299. The van der Waals surface area contributed by atoms with E-state index in [4.69, 9.17) is 11.6 Å². The van der Waals surface area contributed by atoms with Crippen molar-refractivity contribution in [2.24, 2.45) is 0 Å². The van der Waals surface area contributed by atoms with Crippen molar-refractivity contribution in [2.45, 2.75) is 44.6 Å². The third-order valence-corrected chi connectivity index (χ3v) is 3.87. The van der Waals surface area contributed by atoms with Crippen LogP contribution in [0.1, 0.15) is 43.2 Å². The molecule has 0 fully saturated rings. The molecule has 0 unspecified atom stereocenters. The van der Waals surface area contributed by atoms with Gasteiger partial charge in [0.05, 0.1) is 6.10 Å². The van der Waals surface area contributed by atoms with E-state index < -0.39 is 6.10 Å². The first-order valence-electron chi connectivity index (χ1n) is 6.82. The lowest BCUT2D eigenvalue weighted by Crippen LogP contribution is -2.11. The largest absolute Gasteiger partial charge is 0.392 e. The second kappa shape index (κ2) is 6.96. The summed E-state index contributed by atoms with van der Waals surface area (Å²) >= 11 is 5.61. The maximum absolute atomic E-state index is 9.52. The van der Waals surface area contributed by atoms with E-state index in [2.05, 4.69) is 30.3 Å². The number of hydrogen-bond acceptors (Lipinski definition) is 1. The molecule has 2 heteroatoms. The second-order valence-electron chi connectivity index (χ2n) is 5.04. The van der Waals surface area contributed by atoms with Crippen molar-refractivity contribution < 1.29 is 5.11 Å². The van der Waals surface area contributed by atoms with Crippen LogP contribution >= 0.6 is 11.6 Å². The molecule has 1 N–H and O–H groups in total. The van der Waals surface area contributed by atoms with Gasteiger partial charge in [0.15, 0.2) is 0 Å². The number of alkyl halides is 1. The van der Waals surface area contributed by atoms with E-state index in [1.165, 1.54) is 43.2 Å². The molecule has 0 radical (unpaired) electrons. The SMILES string of the molecule is O[C@H](CCl)Cc1ccc(C2=CCCCCC2)cc1. The molecule has 0 saturated heterocycles. The van der Waals surface area contributed by atoms with Crippen molar-refractivity contribution in [3.05, 3.63) is 41.5 Å². The van der Waals surface area contributed by atoms with E-state index in [0.717, 1.165) is 5.56 Å². The molecule has 1 nitrogen and oxygen atoms in total. The van der Waals surface area contributed by atoms with Crippen molar-refractivity contribution in [1.29, 1.82) is 0 Å². The van der Waals surface area contributed by atoms with Crippen molar-refractivity contribution in [3.8, 4) is 0 Å². The molecule has 0 saturated carbocycles. The van der Waals surface area contributed by atoms with E-state index in [1.807, 2.05) is 0 Å². The van der Waals surface area contributed by atoms with E-state index in [9.17, 15) is 5.11 Å². The lowest BCUT2D eigenvalue weighted by molar-refractivity contribution is 0.199. The first kappa shape index (κ1) is 13.6. The van der Waals surface area contributed by atoms with E-state index in [-0.39, 0.29) is 0 Å². The highest BCUT2D eigenvalue weighted by atomic mass is 35.5. The monoisotopic (exact) mass is 264 g/mol. The number of aliphatic hydroxyl groups is 1. The lowest BCUT2D eigenvalue weighted by atomic mass is 9.99. The molecule has 0 aliphatic heterocycles. The highest BCUT2D eigenvalue weighted by molar-refractivity contribution is 6.18. The van der Waals surface area contributed by atoms with Gasteiger partial charge in [0.2, 0.25) is 0 Å². The summed E-state index contributed by atoms with van der Waals surface area (Å²) in [6, 6.07) is 8.56. The van der Waals surface area contributed by atoms with E-state index in [1.54, 1.807) is 0 Å². The zero-order chi connectivity index (χ0) is 12.8. The average Bonchev–Trinajstić information content (AvgIpc) is 2.68. The summed E-state index contributed by atoms with van der Waals surface area (Å²) in [5, 5.41) is 9.52. The van der Waals surface area contributed by atoms with Gasteiger partial charge >= 0.3 is 0 Å². The van der Waals surface area contributed by atoms with Gasteiger partial charge in [-0.1, -0.05) is 36.8 Å². The molecule has 0 bridgehead atoms. The molecule has 0 amide bonds. The van der Waals surface area contributed by atoms with E-state index in [0.29, 0.717) is 12.3 Å². The Kier molecular flexibility index (Phi) is 5.27. The highest BCUT2D eigenvalue weighted by Crippen LogP contribution is 2.26. The fraction of sp³-hybridized carbons (Fsp3) is 0.500. The van der Waals surface area contributed by atoms with E-state index >= 15 is 0 Å². The van der Waals surface area contributed by atoms with Crippen LogP contribution in [0.25, 0.3) is 5.57 Å². The molecule has 1 atom stereocenters. The normalized spacial score (nSPS) is 18.0. The molecule has 1 aromatic rings. The summed E-state index contributed by atoms with van der Waals surface area (Å²) in [6.07, 6.45) is 8.97. The summed E-state index contributed by atoms with van der Waals surface area (Å²) in [6.45, 7) is 0. The van der Waals surface area contributed by atoms with Crippen LogP contribution in [-0.2, 0) is 6.42 Å². The van der Waals surface area contributed by atoms with Crippen molar-refractivity contribution >= 4 is 17.2 Å². The predicted octanol–water partition coefficient (Wildman–Crippen LogP) is 4.18. The van der Waals surface area contributed by atoms with Crippen molar-refractivity contribution in [3.63, 3.8) is 0 Å². The molecule has 1 aliphatic rings. The van der Waals surface area contributed by atoms with Crippen LogP contribution < -0.4 is 0 Å². The van der Waals surface area contributed by atoms with Gasteiger partial charge in [-0.25, -0.2) is 0 Å². The first-order chi connectivity index (χ1) is 8.79. The Hall–Kier alpha value is -0.790. The van der Waals surface area contributed by atoms with Gasteiger partial charge in [-0.15, -0.1) is 11.6 Å². The Labute approximate surface area is 114 Å². The van der Waals surface area contributed by atoms with Crippen LogP contribution in [-0.4, -0.2) is 17.1 Å². The number of aliphatic hydroxyl groups excluding tert-OH is 1. The second-order valence-corrected chi connectivity index (χ2v) is 5.35. The third-order valence-electron chi connectivity index (χ3n) is 3.52. The zero-order valence-electron chi connectivity index (χ0n) is 10.7. The van der Waals surface area contributed by atoms with Gasteiger partial charge in [-0.3, -0.25) is 0 Å². The van der Waals surface area contributed by atoms with Crippen LogP contribution in [0, 0.1) is 0 Å².